The number of hydrogen-bond acceptors (Lipinski definition) is 3. The average molecular weight is 366 g/mol. The van der Waals surface area contributed by atoms with Crippen molar-refractivity contribution in [2.45, 2.75) is 25.6 Å². The van der Waals surface area contributed by atoms with Gasteiger partial charge in [0, 0.05) is 11.6 Å². The molecule has 0 N–H and O–H groups in total. The minimum absolute atomic E-state index is 0.00569. The molecule has 1 fully saturated rings. The third-order valence-electron chi connectivity index (χ3n) is 4.27. The summed E-state index contributed by atoms with van der Waals surface area (Å²) in [5, 5.41) is 0.635. The monoisotopic (exact) mass is 365 g/mol. The fourth-order valence-electron chi connectivity index (χ4n) is 2.97. The molecule has 0 amide bonds. The quantitative estimate of drug-likeness (QED) is 0.834. The van der Waals surface area contributed by atoms with E-state index in [9.17, 15) is 8.42 Å². The van der Waals surface area contributed by atoms with E-state index in [1.807, 2.05) is 49.4 Å². The maximum atomic E-state index is 12.7. The van der Waals surface area contributed by atoms with Gasteiger partial charge >= 0.3 is 0 Å². The van der Waals surface area contributed by atoms with Crippen molar-refractivity contribution in [3.05, 3.63) is 70.7 Å². The minimum atomic E-state index is -3.38. The van der Waals surface area contributed by atoms with Crippen molar-refractivity contribution in [1.29, 1.82) is 0 Å². The zero-order chi connectivity index (χ0) is 17.2. The van der Waals surface area contributed by atoms with E-state index < -0.39 is 10.0 Å². The Hall–Kier alpha value is -1.40. The van der Waals surface area contributed by atoms with E-state index >= 15 is 0 Å². The van der Waals surface area contributed by atoms with Gasteiger partial charge in [-0.05, 0) is 30.2 Å². The normalized spacial score (nSPS) is 24.4. The highest BCUT2D eigenvalue weighted by atomic mass is 35.5. The summed E-state index contributed by atoms with van der Waals surface area (Å²) in [6.07, 6.45) is -0.282. The van der Waals surface area contributed by atoms with Gasteiger partial charge in [-0.3, -0.25) is 0 Å². The first-order valence-electron chi connectivity index (χ1n) is 7.88. The van der Waals surface area contributed by atoms with Crippen LogP contribution in [-0.4, -0.2) is 31.1 Å². The van der Waals surface area contributed by atoms with Gasteiger partial charge in [0.25, 0.3) is 0 Å². The largest absolute Gasteiger partial charge is 0.371 e. The number of ether oxygens (including phenoxy) is 1. The van der Waals surface area contributed by atoms with Crippen molar-refractivity contribution in [2.75, 3.05) is 12.4 Å². The lowest BCUT2D eigenvalue weighted by Gasteiger charge is -2.30. The number of halogens is 1. The summed E-state index contributed by atoms with van der Waals surface area (Å²) in [6, 6.07) is 16.7. The van der Waals surface area contributed by atoms with Crippen molar-refractivity contribution < 1.29 is 13.2 Å². The summed E-state index contributed by atoms with van der Waals surface area (Å²) in [5.74, 6) is -0.00569. The first kappa shape index (κ1) is 17.4. The van der Waals surface area contributed by atoms with Crippen LogP contribution < -0.4 is 0 Å². The topological polar surface area (TPSA) is 46.6 Å². The van der Waals surface area contributed by atoms with E-state index in [0.29, 0.717) is 11.6 Å². The molecule has 2 atom stereocenters. The lowest BCUT2D eigenvalue weighted by Crippen LogP contribution is -2.40. The predicted octanol–water partition coefficient (Wildman–Crippen LogP) is 3.63. The van der Waals surface area contributed by atoms with Crippen LogP contribution in [0.3, 0.4) is 0 Å². The number of rotatable bonds is 3. The molecular formula is C18H20ClNO3S. The fourth-order valence-corrected chi connectivity index (χ4v) is 4.60. The molecule has 1 heterocycles. The van der Waals surface area contributed by atoms with Crippen LogP contribution in [0.2, 0.25) is 5.02 Å². The molecule has 0 bridgehead atoms. The third kappa shape index (κ3) is 3.81. The average Bonchev–Trinajstić information content (AvgIpc) is 2.68. The highest BCUT2D eigenvalue weighted by Gasteiger charge is 2.36. The van der Waals surface area contributed by atoms with Gasteiger partial charge in [-0.15, -0.1) is 0 Å². The first-order chi connectivity index (χ1) is 11.5. The lowest BCUT2D eigenvalue weighted by atomic mass is 10.0. The van der Waals surface area contributed by atoms with E-state index in [0.717, 1.165) is 11.1 Å². The van der Waals surface area contributed by atoms with Crippen molar-refractivity contribution in [3.8, 4) is 0 Å². The van der Waals surface area contributed by atoms with Crippen molar-refractivity contribution >= 4 is 21.6 Å². The molecule has 0 saturated carbocycles. The molecule has 3 rings (SSSR count). The summed E-state index contributed by atoms with van der Waals surface area (Å²) >= 11 is 5.92. The number of benzene rings is 2. The molecule has 1 aliphatic heterocycles. The molecule has 0 radical (unpaired) electrons. The predicted molar refractivity (Wildman–Crippen MR) is 95.4 cm³/mol. The van der Waals surface area contributed by atoms with Crippen LogP contribution in [0.15, 0.2) is 54.6 Å². The Kier molecular flexibility index (Phi) is 5.25. The van der Waals surface area contributed by atoms with Gasteiger partial charge in [-0.25, -0.2) is 8.42 Å². The van der Waals surface area contributed by atoms with Crippen LogP contribution >= 0.6 is 11.6 Å². The zero-order valence-corrected chi connectivity index (χ0v) is 15.0. The number of nitrogens with zero attached hydrogens (tertiary/aromatic N) is 1. The van der Waals surface area contributed by atoms with E-state index in [-0.39, 0.29) is 24.5 Å². The summed E-state index contributed by atoms with van der Waals surface area (Å²) in [7, 11) is -3.38. The molecule has 24 heavy (non-hydrogen) atoms. The second-order valence-electron chi connectivity index (χ2n) is 5.93. The van der Waals surface area contributed by atoms with Gasteiger partial charge in [0.2, 0.25) is 10.0 Å². The Morgan fingerprint density at radius 1 is 1.12 bits per heavy atom. The summed E-state index contributed by atoms with van der Waals surface area (Å²) in [5.41, 5.74) is 1.90. The van der Waals surface area contributed by atoms with Crippen LogP contribution in [0.4, 0.5) is 0 Å². The van der Waals surface area contributed by atoms with Crippen molar-refractivity contribution in [3.63, 3.8) is 0 Å². The number of hydrogen-bond donors (Lipinski definition) is 0. The smallest absolute Gasteiger partial charge is 0.217 e. The van der Waals surface area contributed by atoms with Gasteiger partial charge < -0.3 is 4.74 Å². The van der Waals surface area contributed by atoms with Crippen LogP contribution in [0.5, 0.6) is 0 Å². The lowest BCUT2D eigenvalue weighted by molar-refractivity contribution is 0.0269. The van der Waals surface area contributed by atoms with Crippen LogP contribution in [0.1, 0.15) is 24.2 Å². The van der Waals surface area contributed by atoms with Gasteiger partial charge in [0.15, 0.2) is 0 Å². The fraction of sp³-hybridized carbons (Fsp3) is 0.333. The summed E-state index contributed by atoms with van der Waals surface area (Å²) in [6.45, 7) is 2.41. The maximum Gasteiger partial charge on any atom is 0.217 e. The SMILES string of the molecule is C[C@@H]1[C@H](c2ccccc2)OCCS(=O)(=O)N1Cc1ccc(Cl)cc1. The molecule has 0 aromatic heterocycles. The summed E-state index contributed by atoms with van der Waals surface area (Å²) in [4.78, 5) is 0. The first-order valence-corrected chi connectivity index (χ1v) is 9.86. The van der Waals surface area contributed by atoms with Gasteiger partial charge in [0.05, 0.1) is 24.5 Å². The van der Waals surface area contributed by atoms with Crippen molar-refractivity contribution in [2.24, 2.45) is 0 Å². The molecule has 2 aromatic carbocycles. The molecule has 4 nitrogen and oxygen atoms in total. The molecule has 1 saturated heterocycles. The highest BCUT2D eigenvalue weighted by molar-refractivity contribution is 7.89. The Balaban J connectivity index is 1.92. The molecule has 0 aliphatic carbocycles. The Morgan fingerprint density at radius 3 is 2.46 bits per heavy atom. The second-order valence-corrected chi connectivity index (χ2v) is 8.41. The van der Waals surface area contributed by atoms with E-state index in [1.54, 1.807) is 16.4 Å². The molecule has 0 spiro atoms. The molecule has 128 valence electrons. The van der Waals surface area contributed by atoms with E-state index in [4.69, 9.17) is 16.3 Å². The van der Waals surface area contributed by atoms with Crippen molar-refractivity contribution in [1.82, 2.24) is 4.31 Å². The Morgan fingerprint density at radius 2 is 1.79 bits per heavy atom. The van der Waals surface area contributed by atoms with Crippen LogP contribution in [0.25, 0.3) is 0 Å². The third-order valence-corrected chi connectivity index (χ3v) is 6.38. The Bertz CT molecular complexity index is 778. The Labute approximate surface area is 148 Å². The number of sulfonamides is 1. The van der Waals surface area contributed by atoms with Crippen LogP contribution in [0, 0.1) is 0 Å². The van der Waals surface area contributed by atoms with Gasteiger partial charge in [-0.2, -0.15) is 4.31 Å². The standard InChI is InChI=1S/C18H20ClNO3S/c1-14-18(16-5-3-2-4-6-16)23-11-12-24(21,22)20(14)13-15-7-9-17(19)10-8-15/h2-10,14,18H,11-13H2,1H3/t14-,18-/m1/s1. The second kappa shape index (κ2) is 7.23. The molecule has 6 heteroatoms. The van der Waals surface area contributed by atoms with E-state index in [1.165, 1.54) is 0 Å². The zero-order valence-electron chi connectivity index (χ0n) is 13.4. The highest BCUT2D eigenvalue weighted by Crippen LogP contribution is 2.30. The molecular weight excluding hydrogens is 346 g/mol. The maximum absolute atomic E-state index is 12.7. The van der Waals surface area contributed by atoms with Crippen LogP contribution in [-0.2, 0) is 21.3 Å². The van der Waals surface area contributed by atoms with Gasteiger partial charge in [-0.1, -0.05) is 54.1 Å². The molecule has 0 unspecified atom stereocenters. The van der Waals surface area contributed by atoms with E-state index in [2.05, 4.69) is 0 Å². The molecule has 2 aromatic rings. The van der Waals surface area contributed by atoms with Gasteiger partial charge in [0.1, 0.15) is 0 Å². The molecule has 1 aliphatic rings. The summed E-state index contributed by atoms with van der Waals surface area (Å²) < 4.78 is 32.8. The minimum Gasteiger partial charge on any atom is -0.371 e.